The molecule has 2 aromatic rings. The molecule has 0 N–H and O–H groups in total. The van der Waals surface area contributed by atoms with Crippen LogP contribution < -0.4 is 0 Å². The first-order chi connectivity index (χ1) is 21.3. The van der Waals surface area contributed by atoms with Crippen LogP contribution >= 0.6 is 24.8 Å². The molecule has 45 heavy (non-hydrogen) atoms. The molecule has 2 aromatic carbocycles. The average molecular weight is 723 g/mol. The van der Waals surface area contributed by atoms with Gasteiger partial charge in [0.2, 0.25) is 0 Å². The largest absolute Gasteiger partial charge is 0.147 e. The van der Waals surface area contributed by atoms with Crippen molar-refractivity contribution >= 4 is 24.8 Å². The Morgan fingerprint density at radius 2 is 0.689 bits per heavy atom. The van der Waals surface area contributed by atoms with Gasteiger partial charge < -0.3 is 0 Å². The molecule has 2 atom stereocenters. The van der Waals surface area contributed by atoms with Crippen LogP contribution in [0.2, 0.25) is 0 Å². The smallest absolute Gasteiger partial charge is 0.147 e. The van der Waals surface area contributed by atoms with Crippen molar-refractivity contribution in [3.63, 3.8) is 0 Å². The standard InChI is InChI=1S/2C21H27.2ClH.Zr/c2*1-2-4-6-11-15-20-19(14-8-5-3-1)16-17-21(20)18-12-9-7-10-13-18;;;/h2*7,9-10,12-13,16-17H,1-6,8,11,14-15H2;2*1H;. The van der Waals surface area contributed by atoms with Crippen molar-refractivity contribution in [2.75, 3.05) is 0 Å². The van der Waals surface area contributed by atoms with Crippen molar-refractivity contribution in [3.05, 3.63) is 118 Å². The van der Waals surface area contributed by atoms with Gasteiger partial charge in [-0.25, -0.2) is 0 Å². The van der Waals surface area contributed by atoms with Gasteiger partial charge in [0.1, 0.15) is 0 Å². The molecule has 0 amide bonds. The molecule has 4 aliphatic carbocycles. The fourth-order valence-electron chi connectivity index (χ4n) is 8.53. The third kappa shape index (κ3) is 8.67. The second-order valence-corrected chi connectivity index (χ2v) is 18.3. The van der Waals surface area contributed by atoms with E-state index in [2.05, 4.69) is 85.0 Å². The summed E-state index contributed by atoms with van der Waals surface area (Å²) in [6.45, 7) is 0. The van der Waals surface area contributed by atoms with Crippen LogP contribution in [0.15, 0.2) is 107 Å². The number of halogens is 2. The Bertz CT molecular complexity index is 1210. The molecule has 6 rings (SSSR count). The Kier molecular flexibility index (Phi) is 15.0. The summed E-state index contributed by atoms with van der Waals surface area (Å²) in [5.41, 5.74) is 10.3. The normalized spacial score (nSPS) is 26.6. The molecular weight excluding hydrogens is 667 g/mol. The third-order valence-corrected chi connectivity index (χ3v) is 16.6. The van der Waals surface area contributed by atoms with Crippen molar-refractivity contribution < 1.29 is 23.2 Å². The molecule has 0 aromatic heterocycles. The summed E-state index contributed by atoms with van der Waals surface area (Å²) in [5.74, 6) is 0. The molecule has 0 saturated carbocycles. The van der Waals surface area contributed by atoms with Crippen LogP contribution in [0, 0.1) is 0 Å². The minimum absolute atomic E-state index is 0. The Hall–Kier alpha value is -1.14. The van der Waals surface area contributed by atoms with E-state index < -0.39 is 23.2 Å². The molecular formula is C42H56Cl2Zr. The SMILES string of the molecule is C1=C[C]([Zr][C]2(c3ccccc3)C=CC3=C2CCCCCCCCCC3)(c2ccccc2)C2=C1CCCCCCCCCC2.Cl.Cl. The zero-order chi connectivity index (χ0) is 29.2. The molecule has 0 fully saturated rings. The summed E-state index contributed by atoms with van der Waals surface area (Å²) in [4.78, 5) is 0. The van der Waals surface area contributed by atoms with Gasteiger partial charge in [-0.05, 0) is 0 Å². The minimum Gasteiger partial charge on any atom is -0.147 e. The molecule has 2 unspecified atom stereocenters. The molecule has 0 aliphatic heterocycles. The molecule has 3 heteroatoms. The summed E-state index contributed by atoms with van der Waals surface area (Å²) < 4.78 is 0.243. The van der Waals surface area contributed by atoms with Crippen LogP contribution in [-0.2, 0) is 29.5 Å². The van der Waals surface area contributed by atoms with Gasteiger partial charge >= 0.3 is 276 Å². The number of allylic oxidation sites excluding steroid dienone is 8. The summed E-state index contributed by atoms with van der Waals surface area (Å²) in [7, 11) is 0. The van der Waals surface area contributed by atoms with E-state index in [4.69, 9.17) is 0 Å². The first-order valence-corrected chi connectivity index (χ1v) is 20.5. The molecule has 0 radical (unpaired) electrons. The second kappa shape index (κ2) is 18.4. The molecule has 0 heterocycles. The maximum absolute atomic E-state index is 2.76. The fraction of sp³-hybridized carbons (Fsp3) is 0.524. The maximum Gasteiger partial charge on any atom is -0.147 e. The fourth-order valence-corrected chi connectivity index (χ4v) is 14.6. The van der Waals surface area contributed by atoms with Crippen LogP contribution in [0.25, 0.3) is 0 Å². The van der Waals surface area contributed by atoms with Crippen LogP contribution in [0.1, 0.15) is 140 Å². The van der Waals surface area contributed by atoms with E-state index in [0.717, 1.165) is 0 Å². The monoisotopic (exact) mass is 720 g/mol. The first-order valence-electron chi connectivity index (χ1n) is 18.1. The van der Waals surface area contributed by atoms with Gasteiger partial charge in [0.25, 0.3) is 0 Å². The van der Waals surface area contributed by atoms with Crippen molar-refractivity contribution in [1.82, 2.24) is 0 Å². The number of benzene rings is 2. The Morgan fingerprint density at radius 1 is 0.378 bits per heavy atom. The minimum atomic E-state index is -1.22. The van der Waals surface area contributed by atoms with Gasteiger partial charge in [-0.3, -0.25) is 0 Å². The number of hydrogen-bond donors (Lipinski definition) is 0. The van der Waals surface area contributed by atoms with E-state index in [9.17, 15) is 0 Å². The van der Waals surface area contributed by atoms with Crippen molar-refractivity contribution in [1.29, 1.82) is 0 Å². The second-order valence-electron chi connectivity index (χ2n) is 13.8. The summed E-state index contributed by atoms with van der Waals surface area (Å²) >= 11 is -1.22. The molecule has 242 valence electrons. The zero-order valence-corrected chi connectivity index (χ0v) is 31.6. The van der Waals surface area contributed by atoms with Crippen LogP contribution in [0.4, 0.5) is 0 Å². The molecule has 4 aliphatic rings. The van der Waals surface area contributed by atoms with Crippen LogP contribution in [0.3, 0.4) is 0 Å². The summed E-state index contributed by atoms with van der Waals surface area (Å²) in [6, 6.07) is 23.7. The molecule has 0 saturated heterocycles. The topological polar surface area (TPSA) is 0 Å². The van der Waals surface area contributed by atoms with E-state index in [1.165, 1.54) is 128 Å². The van der Waals surface area contributed by atoms with E-state index in [-0.39, 0.29) is 31.1 Å². The molecule has 0 spiro atoms. The van der Waals surface area contributed by atoms with Crippen LogP contribution in [0.5, 0.6) is 0 Å². The molecule has 0 nitrogen and oxygen atoms in total. The van der Waals surface area contributed by atoms with Gasteiger partial charge in [-0.2, -0.15) is 0 Å². The van der Waals surface area contributed by atoms with Gasteiger partial charge in [-0.15, -0.1) is 24.8 Å². The third-order valence-electron chi connectivity index (χ3n) is 10.9. The van der Waals surface area contributed by atoms with Gasteiger partial charge in [-0.1, -0.05) is 0 Å². The van der Waals surface area contributed by atoms with E-state index in [1.54, 1.807) is 22.3 Å². The van der Waals surface area contributed by atoms with Crippen LogP contribution in [-0.4, -0.2) is 0 Å². The zero-order valence-electron chi connectivity index (χ0n) is 27.5. The Balaban J connectivity index is 0.00000230. The van der Waals surface area contributed by atoms with Gasteiger partial charge in [0.15, 0.2) is 0 Å². The van der Waals surface area contributed by atoms with Crippen molar-refractivity contribution in [2.45, 2.75) is 135 Å². The van der Waals surface area contributed by atoms with Crippen molar-refractivity contribution in [3.8, 4) is 0 Å². The average Bonchev–Trinajstić information content (AvgIpc) is 3.56. The van der Waals surface area contributed by atoms with E-state index in [0.29, 0.717) is 0 Å². The van der Waals surface area contributed by atoms with E-state index in [1.807, 2.05) is 11.1 Å². The number of rotatable bonds is 4. The summed E-state index contributed by atoms with van der Waals surface area (Å²) in [5, 5.41) is 0. The van der Waals surface area contributed by atoms with Crippen molar-refractivity contribution in [2.24, 2.45) is 0 Å². The maximum atomic E-state index is 2.76. The molecule has 0 bridgehead atoms. The summed E-state index contributed by atoms with van der Waals surface area (Å²) in [6.07, 6.45) is 38.4. The predicted molar refractivity (Wildman–Crippen MR) is 195 cm³/mol. The quantitative estimate of drug-likeness (QED) is 0.295. The van der Waals surface area contributed by atoms with Gasteiger partial charge in [0.05, 0.1) is 0 Å². The Morgan fingerprint density at radius 3 is 1.04 bits per heavy atom. The van der Waals surface area contributed by atoms with Gasteiger partial charge in [0, 0.05) is 0 Å². The first kappa shape index (κ1) is 36.7. The Labute approximate surface area is 299 Å². The predicted octanol–water partition coefficient (Wildman–Crippen LogP) is 13.3. The van der Waals surface area contributed by atoms with E-state index >= 15 is 0 Å². The number of hydrogen-bond acceptors (Lipinski definition) is 0.